The van der Waals surface area contributed by atoms with Crippen LogP contribution in [0.3, 0.4) is 0 Å². The van der Waals surface area contributed by atoms with E-state index in [9.17, 15) is 9.90 Å². The van der Waals surface area contributed by atoms with Crippen molar-refractivity contribution in [3.05, 3.63) is 22.9 Å². The van der Waals surface area contributed by atoms with Gasteiger partial charge in [-0.25, -0.2) is 15.0 Å². The molecule has 35 heavy (non-hydrogen) atoms. The van der Waals surface area contributed by atoms with Gasteiger partial charge in [-0.1, -0.05) is 11.8 Å². The molecule has 1 aromatic carbocycles. The van der Waals surface area contributed by atoms with Crippen molar-refractivity contribution in [2.24, 2.45) is 5.92 Å². The maximum absolute atomic E-state index is 12.4. The van der Waals surface area contributed by atoms with Crippen LogP contribution in [0.1, 0.15) is 33.1 Å². The molecule has 2 aliphatic heterocycles. The number of fused-ring (bicyclic) bond motifs is 2. The average molecular weight is 563 g/mol. The lowest BCUT2D eigenvalue weighted by atomic mass is 9.92. The van der Waals surface area contributed by atoms with Gasteiger partial charge in [0.05, 0.1) is 0 Å². The number of aryl methyl sites for hydroxylation is 1. The van der Waals surface area contributed by atoms with Crippen LogP contribution in [-0.4, -0.2) is 60.9 Å². The first kappa shape index (κ1) is 24.1. The minimum atomic E-state index is -1.34. The second-order valence-electron chi connectivity index (χ2n) is 9.30. The second kappa shape index (κ2) is 9.47. The van der Waals surface area contributed by atoms with E-state index in [1.165, 1.54) is 31.9 Å². The molecule has 2 aromatic heterocycles. The van der Waals surface area contributed by atoms with Crippen LogP contribution in [0.25, 0.3) is 11.2 Å². The standard InChI is InChI=1S/C23H27BrN6O4S/c1-23(2,32)21(31)29-6-3-13(4-7-29)5-8-30-20-18(19(25)26-11-27-20)28-22(30)35-17-10-16-15(9-14(17)24)33-12-34-16/h9-11,13,32H,3-8,12H2,1-2H3,(H2,25,26,27). The molecule has 10 nitrogen and oxygen atoms in total. The summed E-state index contributed by atoms with van der Waals surface area (Å²) in [4.78, 5) is 28.4. The Morgan fingerprint density at radius 1 is 1.26 bits per heavy atom. The molecular formula is C23H27BrN6O4S. The summed E-state index contributed by atoms with van der Waals surface area (Å²) in [6, 6.07) is 3.83. The van der Waals surface area contributed by atoms with E-state index in [0.717, 1.165) is 33.8 Å². The van der Waals surface area contributed by atoms with E-state index in [2.05, 4.69) is 30.5 Å². The van der Waals surface area contributed by atoms with Crippen LogP contribution < -0.4 is 15.2 Å². The first-order valence-corrected chi connectivity index (χ1v) is 13.1. The molecule has 0 saturated carbocycles. The molecule has 0 spiro atoms. The Balaban J connectivity index is 1.34. The predicted molar refractivity (Wildman–Crippen MR) is 134 cm³/mol. The molecule has 5 rings (SSSR count). The maximum atomic E-state index is 12.4. The molecule has 4 heterocycles. The van der Waals surface area contributed by atoms with Crippen LogP contribution >= 0.6 is 27.7 Å². The molecule has 0 atom stereocenters. The number of imidazole rings is 1. The molecule has 12 heteroatoms. The van der Waals surface area contributed by atoms with Crippen LogP contribution in [-0.2, 0) is 11.3 Å². The number of anilines is 1. The Bertz CT molecular complexity index is 1270. The zero-order valence-electron chi connectivity index (χ0n) is 19.5. The number of hydrogen-bond donors (Lipinski definition) is 2. The molecule has 3 aromatic rings. The monoisotopic (exact) mass is 562 g/mol. The van der Waals surface area contributed by atoms with Gasteiger partial charge in [0.2, 0.25) is 6.79 Å². The topological polar surface area (TPSA) is 129 Å². The molecule has 1 amide bonds. The number of carbonyl (C=O) groups excluding carboxylic acids is 1. The summed E-state index contributed by atoms with van der Waals surface area (Å²) < 4.78 is 14.0. The van der Waals surface area contributed by atoms with Crippen molar-refractivity contribution >= 4 is 50.6 Å². The van der Waals surface area contributed by atoms with Crippen LogP contribution in [0.2, 0.25) is 0 Å². The molecule has 186 valence electrons. The fraction of sp³-hybridized carbons (Fsp3) is 0.478. The zero-order chi connectivity index (χ0) is 24.7. The molecule has 0 radical (unpaired) electrons. The van der Waals surface area contributed by atoms with E-state index in [4.69, 9.17) is 20.2 Å². The number of nitrogens with zero attached hydrogens (tertiary/aromatic N) is 5. The van der Waals surface area contributed by atoms with E-state index in [-0.39, 0.29) is 12.7 Å². The Morgan fingerprint density at radius 2 is 1.97 bits per heavy atom. The van der Waals surface area contributed by atoms with Crippen LogP contribution in [0.5, 0.6) is 11.5 Å². The van der Waals surface area contributed by atoms with Gasteiger partial charge in [0.25, 0.3) is 5.91 Å². The minimum Gasteiger partial charge on any atom is -0.454 e. The van der Waals surface area contributed by atoms with Gasteiger partial charge in [0.15, 0.2) is 33.6 Å². The molecule has 0 unspecified atom stereocenters. The lowest BCUT2D eigenvalue weighted by Crippen LogP contribution is -2.48. The molecule has 1 saturated heterocycles. The number of aliphatic hydroxyl groups is 1. The van der Waals surface area contributed by atoms with Crippen molar-refractivity contribution in [3.63, 3.8) is 0 Å². The molecule has 0 bridgehead atoms. The van der Waals surface area contributed by atoms with E-state index in [0.29, 0.717) is 54.0 Å². The van der Waals surface area contributed by atoms with E-state index in [1.54, 1.807) is 4.90 Å². The number of piperidine rings is 1. The van der Waals surface area contributed by atoms with Gasteiger partial charge < -0.3 is 29.8 Å². The third-order valence-corrected chi connectivity index (χ3v) is 8.31. The Morgan fingerprint density at radius 3 is 2.69 bits per heavy atom. The molecule has 0 aliphatic carbocycles. The first-order chi connectivity index (χ1) is 16.7. The number of likely N-dealkylation sites (tertiary alicyclic amines) is 1. The van der Waals surface area contributed by atoms with Gasteiger partial charge in [-0.15, -0.1) is 0 Å². The summed E-state index contributed by atoms with van der Waals surface area (Å²) in [5.41, 5.74) is 6.06. The maximum Gasteiger partial charge on any atom is 0.253 e. The summed E-state index contributed by atoms with van der Waals surface area (Å²) >= 11 is 5.13. The number of nitrogen functional groups attached to an aromatic ring is 1. The Hall–Kier alpha value is -2.57. The number of ether oxygens (including phenoxy) is 2. The SMILES string of the molecule is CC(C)(O)C(=O)N1CCC(CCn2c(Sc3cc4c(cc3Br)OCO4)nc3c(N)ncnc32)CC1. The number of nitrogens with two attached hydrogens (primary N) is 1. The fourth-order valence-corrected chi connectivity index (χ4v) is 5.92. The average Bonchev–Trinajstić information content (AvgIpc) is 3.42. The van der Waals surface area contributed by atoms with E-state index < -0.39 is 5.60 Å². The number of aromatic nitrogens is 4. The number of carbonyl (C=O) groups is 1. The van der Waals surface area contributed by atoms with Gasteiger partial charge in [-0.2, -0.15) is 0 Å². The van der Waals surface area contributed by atoms with Crippen LogP contribution in [0.4, 0.5) is 5.82 Å². The Labute approximate surface area is 215 Å². The van der Waals surface area contributed by atoms with Crippen molar-refractivity contribution in [2.75, 3.05) is 25.6 Å². The fourth-order valence-electron chi connectivity index (χ4n) is 4.41. The van der Waals surface area contributed by atoms with Crippen LogP contribution in [0, 0.1) is 5.92 Å². The summed E-state index contributed by atoms with van der Waals surface area (Å²) in [6.45, 7) is 5.30. The van der Waals surface area contributed by atoms with Crippen molar-refractivity contribution < 1.29 is 19.4 Å². The van der Waals surface area contributed by atoms with Crippen molar-refractivity contribution in [1.82, 2.24) is 24.4 Å². The smallest absolute Gasteiger partial charge is 0.253 e. The normalized spacial score (nSPS) is 16.3. The molecule has 2 aliphatic rings. The largest absolute Gasteiger partial charge is 0.454 e. The summed E-state index contributed by atoms with van der Waals surface area (Å²) in [5.74, 6) is 1.99. The number of halogens is 1. The summed E-state index contributed by atoms with van der Waals surface area (Å²) in [5, 5.41) is 10.8. The van der Waals surface area contributed by atoms with Crippen LogP contribution in [0.15, 0.2) is 33.0 Å². The zero-order valence-corrected chi connectivity index (χ0v) is 21.9. The van der Waals surface area contributed by atoms with Gasteiger partial charge in [-0.3, -0.25) is 4.79 Å². The summed E-state index contributed by atoms with van der Waals surface area (Å²) in [7, 11) is 0. The quantitative estimate of drug-likeness (QED) is 0.463. The number of amides is 1. The predicted octanol–water partition coefficient (Wildman–Crippen LogP) is 3.45. The van der Waals surface area contributed by atoms with Gasteiger partial charge in [0.1, 0.15) is 11.9 Å². The third kappa shape index (κ3) is 4.91. The minimum absolute atomic E-state index is 0.209. The number of hydrogen-bond acceptors (Lipinski definition) is 9. The highest BCUT2D eigenvalue weighted by Crippen LogP contribution is 2.43. The second-order valence-corrected chi connectivity index (χ2v) is 11.2. The van der Waals surface area contributed by atoms with Gasteiger partial charge >= 0.3 is 0 Å². The van der Waals surface area contributed by atoms with Crippen molar-refractivity contribution in [3.8, 4) is 11.5 Å². The Kier molecular flexibility index (Phi) is 6.53. The highest BCUT2D eigenvalue weighted by molar-refractivity contribution is 9.10. The highest BCUT2D eigenvalue weighted by Gasteiger charge is 2.32. The van der Waals surface area contributed by atoms with Crippen molar-refractivity contribution in [2.45, 2.75) is 55.3 Å². The van der Waals surface area contributed by atoms with E-state index >= 15 is 0 Å². The summed E-state index contributed by atoms with van der Waals surface area (Å²) in [6.07, 6.45) is 4.15. The molecule has 1 fully saturated rings. The number of benzene rings is 1. The van der Waals surface area contributed by atoms with Gasteiger partial charge in [-0.05, 0) is 67.1 Å². The van der Waals surface area contributed by atoms with Gasteiger partial charge in [0, 0.05) is 29.0 Å². The van der Waals surface area contributed by atoms with E-state index in [1.807, 2.05) is 12.1 Å². The lowest BCUT2D eigenvalue weighted by molar-refractivity contribution is -0.149. The molecule has 3 N–H and O–H groups in total. The third-order valence-electron chi connectivity index (χ3n) is 6.34. The number of rotatable bonds is 6. The van der Waals surface area contributed by atoms with Crippen molar-refractivity contribution in [1.29, 1.82) is 0 Å². The first-order valence-electron chi connectivity index (χ1n) is 11.5. The molecular weight excluding hydrogens is 536 g/mol. The lowest BCUT2D eigenvalue weighted by Gasteiger charge is -2.35. The highest BCUT2D eigenvalue weighted by atomic mass is 79.9.